The number of fused-ring (bicyclic) bond motifs is 2. The van der Waals surface area contributed by atoms with E-state index in [9.17, 15) is 23.6 Å². The molecule has 0 bridgehead atoms. The number of benzene rings is 2. The summed E-state index contributed by atoms with van der Waals surface area (Å²) >= 11 is 0. The highest BCUT2D eigenvalue weighted by Crippen LogP contribution is 2.42. The van der Waals surface area contributed by atoms with Crippen LogP contribution in [0.5, 0.6) is 11.5 Å². The van der Waals surface area contributed by atoms with Crippen molar-refractivity contribution in [3.8, 4) is 28.8 Å². The molecular formula is C24H18F2N6O4. The minimum atomic E-state index is -3.78. The second kappa shape index (κ2) is 8.46. The Bertz CT molecular complexity index is 1620. The van der Waals surface area contributed by atoms with E-state index < -0.39 is 24.3 Å². The summed E-state index contributed by atoms with van der Waals surface area (Å²) in [7, 11) is 0. The fourth-order valence-corrected chi connectivity index (χ4v) is 4.04. The lowest BCUT2D eigenvalue weighted by Gasteiger charge is -2.21. The second-order valence-electron chi connectivity index (χ2n) is 8.02. The Labute approximate surface area is 202 Å². The molecule has 0 spiro atoms. The van der Waals surface area contributed by atoms with Crippen molar-refractivity contribution in [1.82, 2.24) is 19.7 Å². The van der Waals surface area contributed by atoms with E-state index in [0.29, 0.717) is 28.0 Å². The molecule has 1 N–H and O–H groups in total. The van der Waals surface area contributed by atoms with E-state index in [0.717, 1.165) is 10.2 Å². The van der Waals surface area contributed by atoms with Crippen molar-refractivity contribution in [3.63, 3.8) is 0 Å². The van der Waals surface area contributed by atoms with Crippen LogP contribution in [0.3, 0.4) is 0 Å². The summed E-state index contributed by atoms with van der Waals surface area (Å²) in [5.74, 6) is -0.846. The number of halogens is 2. The zero-order chi connectivity index (χ0) is 25.6. The Morgan fingerprint density at radius 1 is 1.22 bits per heavy atom. The average molecular weight is 492 g/mol. The lowest BCUT2D eigenvalue weighted by atomic mass is 10.0. The van der Waals surface area contributed by atoms with Gasteiger partial charge in [-0.05, 0) is 43.7 Å². The summed E-state index contributed by atoms with van der Waals surface area (Å²) in [6, 6.07) is 11.2. The van der Waals surface area contributed by atoms with Gasteiger partial charge in [-0.25, -0.2) is 9.67 Å². The molecular weight excluding hydrogens is 474 g/mol. The number of H-pyrrole nitrogens is 1. The molecule has 0 saturated carbocycles. The molecule has 2 aromatic heterocycles. The van der Waals surface area contributed by atoms with Crippen molar-refractivity contribution < 1.29 is 23.0 Å². The second-order valence-corrected chi connectivity index (χ2v) is 8.02. The summed E-state index contributed by atoms with van der Waals surface area (Å²) in [6.45, 7) is 3.25. The van der Waals surface area contributed by atoms with Crippen LogP contribution in [0.2, 0.25) is 0 Å². The van der Waals surface area contributed by atoms with Gasteiger partial charge in [-0.1, -0.05) is 6.07 Å². The molecule has 12 heteroatoms. The van der Waals surface area contributed by atoms with Gasteiger partial charge in [0.2, 0.25) is 5.91 Å². The number of aryl methyl sites for hydroxylation is 1. The maximum atomic E-state index is 13.4. The first-order valence-corrected chi connectivity index (χ1v) is 10.9. The zero-order valence-corrected chi connectivity index (χ0v) is 19.1. The molecule has 4 aromatic rings. The number of rotatable bonds is 5. The van der Waals surface area contributed by atoms with E-state index in [2.05, 4.69) is 30.6 Å². The molecule has 0 unspecified atom stereocenters. The predicted octanol–water partition coefficient (Wildman–Crippen LogP) is 3.34. The fourth-order valence-electron chi connectivity index (χ4n) is 4.04. The largest absolute Gasteiger partial charge is 0.586 e. The van der Waals surface area contributed by atoms with E-state index in [4.69, 9.17) is 0 Å². The van der Waals surface area contributed by atoms with Gasteiger partial charge in [-0.3, -0.25) is 9.59 Å². The average Bonchev–Trinajstić information content (AvgIpc) is 3.44. The number of nitrogens with zero attached hydrogens (tertiary/aromatic N) is 5. The van der Waals surface area contributed by atoms with E-state index in [-0.39, 0.29) is 23.6 Å². The smallest absolute Gasteiger partial charge is 0.395 e. The molecule has 1 amide bonds. The third-order valence-corrected chi connectivity index (χ3v) is 5.75. The summed E-state index contributed by atoms with van der Waals surface area (Å²) in [6.07, 6.45) is -2.42. The Balaban J connectivity index is 1.51. The summed E-state index contributed by atoms with van der Waals surface area (Å²) < 4.78 is 36.7. The van der Waals surface area contributed by atoms with Crippen molar-refractivity contribution >= 4 is 22.6 Å². The van der Waals surface area contributed by atoms with Crippen molar-refractivity contribution in [3.05, 3.63) is 64.2 Å². The number of aromatic nitrogens is 4. The van der Waals surface area contributed by atoms with Crippen LogP contribution in [-0.2, 0) is 11.3 Å². The van der Waals surface area contributed by atoms with Gasteiger partial charge in [0.15, 0.2) is 17.0 Å². The number of anilines is 1. The Kier molecular flexibility index (Phi) is 5.40. The Morgan fingerprint density at radius 2 is 2.00 bits per heavy atom. The third kappa shape index (κ3) is 3.90. The van der Waals surface area contributed by atoms with Crippen molar-refractivity contribution in [1.29, 1.82) is 5.26 Å². The molecule has 0 aliphatic carbocycles. The number of likely N-dealkylation sites (N-methyl/N-ethyl adjacent to an activating group) is 1. The first-order valence-electron chi connectivity index (χ1n) is 10.9. The van der Waals surface area contributed by atoms with Crippen LogP contribution in [0.1, 0.15) is 18.1 Å². The number of carbonyl (C=O) groups excluding carboxylic acids is 1. The van der Waals surface area contributed by atoms with Crippen molar-refractivity contribution in [2.45, 2.75) is 26.7 Å². The van der Waals surface area contributed by atoms with Crippen LogP contribution >= 0.6 is 0 Å². The number of amides is 1. The van der Waals surface area contributed by atoms with Crippen LogP contribution < -0.4 is 19.9 Å². The monoisotopic (exact) mass is 492 g/mol. The molecule has 36 heavy (non-hydrogen) atoms. The molecule has 3 heterocycles. The molecule has 5 rings (SSSR count). The third-order valence-electron chi connectivity index (χ3n) is 5.75. The summed E-state index contributed by atoms with van der Waals surface area (Å²) in [4.78, 5) is 34.6. The SMILES string of the molecule is CCN(C(=O)Cn1nc(-c2ccc(C#N)c(C)c2)c2[nH]cnc2c1=O)c1ccc2c(c1)OC(F)(F)O2. The van der Waals surface area contributed by atoms with E-state index in [1.807, 2.05) is 0 Å². The van der Waals surface area contributed by atoms with Gasteiger partial charge in [0.25, 0.3) is 5.56 Å². The first-order chi connectivity index (χ1) is 17.2. The Hall–Kier alpha value is -4.79. The lowest BCUT2D eigenvalue weighted by molar-refractivity contribution is -0.286. The number of nitriles is 1. The molecule has 1 aliphatic rings. The molecule has 182 valence electrons. The molecule has 0 saturated heterocycles. The van der Waals surface area contributed by atoms with Crippen LogP contribution in [-0.4, -0.2) is 38.5 Å². The van der Waals surface area contributed by atoms with E-state index in [1.54, 1.807) is 32.0 Å². The number of alkyl halides is 2. The van der Waals surface area contributed by atoms with Gasteiger partial charge in [0.1, 0.15) is 12.2 Å². The topological polar surface area (TPSA) is 126 Å². The molecule has 0 radical (unpaired) electrons. The highest BCUT2D eigenvalue weighted by Gasteiger charge is 2.43. The predicted molar refractivity (Wildman–Crippen MR) is 124 cm³/mol. The quantitative estimate of drug-likeness (QED) is 0.453. The highest BCUT2D eigenvalue weighted by molar-refractivity contribution is 5.94. The number of ether oxygens (including phenoxy) is 2. The van der Waals surface area contributed by atoms with Crippen LogP contribution in [0.4, 0.5) is 14.5 Å². The fraction of sp³-hybridized carbons (Fsp3) is 0.208. The van der Waals surface area contributed by atoms with Gasteiger partial charge < -0.3 is 19.4 Å². The van der Waals surface area contributed by atoms with Crippen LogP contribution in [0.25, 0.3) is 22.3 Å². The highest BCUT2D eigenvalue weighted by atomic mass is 19.3. The number of carbonyl (C=O) groups is 1. The number of hydrogen-bond acceptors (Lipinski definition) is 7. The summed E-state index contributed by atoms with van der Waals surface area (Å²) in [5.41, 5.74) is 2.46. The number of imidazole rings is 1. The number of aromatic amines is 1. The van der Waals surface area contributed by atoms with Gasteiger partial charge in [0.05, 0.1) is 23.5 Å². The van der Waals surface area contributed by atoms with Crippen LogP contribution in [0.15, 0.2) is 47.5 Å². The minimum absolute atomic E-state index is 0.100. The standard InChI is InChI=1S/C24H18F2N6O4/c1-3-31(16-6-7-17-18(9-16)36-24(25,26)35-17)19(33)11-32-23(34)22-21(28-12-29-22)20(30-32)14-4-5-15(10-27)13(2)8-14/h4-9,12H,3,11H2,1-2H3,(H,28,29). The molecule has 1 aliphatic heterocycles. The van der Waals surface area contributed by atoms with Gasteiger partial charge >= 0.3 is 6.29 Å². The van der Waals surface area contributed by atoms with Crippen molar-refractivity contribution in [2.75, 3.05) is 11.4 Å². The molecule has 10 nitrogen and oxygen atoms in total. The van der Waals surface area contributed by atoms with Crippen LogP contribution in [0, 0.1) is 18.3 Å². The molecule has 0 fully saturated rings. The lowest BCUT2D eigenvalue weighted by Crippen LogP contribution is -2.37. The zero-order valence-electron chi connectivity index (χ0n) is 19.1. The molecule has 2 aromatic carbocycles. The maximum absolute atomic E-state index is 13.4. The summed E-state index contributed by atoms with van der Waals surface area (Å²) in [5, 5.41) is 13.6. The number of hydrogen-bond donors (Lipinski definition) is 1. The molecule has 0 atom stereocenters. The normalized spacial score (nSPS) is 13.5. The minimum Gasteiger partial charge on any atom is -0.395 e. The Morgan fingerprint density at radius 3 is 2.72 bits per heavy atom. The van der Waals surface area contributed by atoms with Gasteiger partial charge in [-0.2, -0.15) is 10.4 Å². The van der Waals surface area contributed by atoms with Gasteiger partial charge in [0, 0.05) is 23.9 Å². The van der Waals surface area contributed by atoms with E-state index >= 15 is 0 Å². The van der Waals surface area contributed by atoms with Crippen molar-refractivity contribution in [2.24, 2.45) is 0 Å². The number of nitrogens with one attached hydrogen (secondary N) is 1. The van der Waals surface area contributed by atoms with Gasteiger partial charge in [-0.15, -0.1) is 8.78 Å². The van der Waals surface area contributed by atoms with E-state index in [1.165, 1.54) is 29.4 Å². The first kappa shape index (κ1) is 23.0. The maximum Gasteiger partial charge on any atom is 0.586 e.